The number of carbonyl (C=O) groups excluding carboxylic acids is 1. The molecular formula is C12H11ClN4O. The minimum absolute atomic E-state index is 0.303. The summed E-state index contributed by atoms with van der Waals surface area (Å²) in [6.07, 6.45) is 4.76. The molecule has 0 spiro atoms. The maximum atomic E-state index is 11.6. The summed E-state index contributed by atoms with van der Waals surface area (Å²) >= 11 is 5.75. The van der Waals surface area contributed by atoms with Crippen molar-refractivity contribution in [2.24, 2.45) is 0 Å². The number of benzene rings is 1. The highest BCUT2D eigenvalue weighted by molar-refractivity contribution is 6.30. The van der Waals surface area contributed by atoms with E-state index in [0.717, 1.165) is 0 Å². The minimum atomic E-state index is -0.303. The Kier molecular flexibility index (Phi) is 4.09. The molecule has 2 amide bonds. The van der Waals surface area contributed by atoms with Crippen molar-refractivity contribution in [1.29, 1.82) is 0 Å². The first-order chi connectivity index (χ1) is 8.74. The molecule has 0 fully saturated rings. The number of rotatable bonds is 3. The monoisotopic (exact) mass is 262 g/mol. The van der Waals surface area contributed by atoms with Crippen molar-refractivity contribution >= 4 is 23.3 Å². The van der Waals surface area contributed by atoms with Crippen molar-refractivity contribution in [2.45, 2.75) is 6.54 Å². The maximum Gasteiger partial charge on any atom is 0.319 e. The number of amides is 2. The molecule has 18 heavy (non-hydrogen) atoms. The van der Waals surface area contributed by atoms with E-state index in [1.165, 1.54) is 0 Å². The molecule has 0 aliphatic rings. The summed E-state index contributed by atoms with van der Waals surface area (Å²) in [4.78, 5) is 19.5. The summed E-state index contributed by atoms with van der Waals surface area (Å²) in [6, 6.07) is 6.57. The van der Waals surface area contributed by atoms with Crippen molar-refractivity contribution in [2.75, 3.05) is 5.32 Å². The van der Waals surface area contributed by atoms with Gasteiger partial charge in [-0.1, -0.05) is 11.6 Å². The Morgan fingerprint density at radius 1 is 1.22 bits per heavy atom. The Balaban J connectivity index is 1.84. The van der Waals surface area contributed by atoms with Crippen LogP contribution in [0, 0.1) is 0 Å². The van der Waals surface area contributed by atoms with Crippen LogP contribution in [0.1, 0.15) is 5.69 Å². The van der Waals surface area contributed by atoms with Gasteiger partial charge in [0.25, 0.3) is 0 Å². The lowest BCUT2D eigenvalue weighted by Gasteiger charge is -2.06. The molecule has 2 N–H and O–H groups in total. The second-order valence-electron chi connectivity index (χ2n) is 3.51. The van der Waals surface area contributed by atoms with Gasteiger partial charge in [0.15, 0.2) is 0 Å². The van der Waals surface area contributed by atoms with Crippen LogP contribution in [0.25, 0.3) is 0 Å². The molecule has 0 unspecified atom stereocenters. The van der Waals surface area contributed by atoms with Gasteiger partial charge < -0.3 is 10.6 Å². The van der Waals surface area contributed by atoms with E-state index in [1.807, 2.05) is 0 Å². The van der Waals surface area contributed by atoms with Crippen LogP contribution in [0.5, 0.6) is 0 Å². The largest absolute Gasteiger partial charge is 0.332 e. The van der Waals surface area contributed by atoms with Crippen LogP contribution in [0.3, 0.4) is 0 Å². The summed E-state index contributed by atoms with van der Waals surface area (Å²) in [5.74, 6) is 0. The molecule has 1 heterocycles. The predicted molar refractivity (Wildman–Crippen MR) is 69.3 cm³/mol. The van der Waals surface area contributed by atoms with Gasteiger partial charge in [-0.2, -0.15) is 0 Å². The van der Waals surface area contributed by atoms with Gasteiger partial charge in [-0.15, -0.1) is 0 Å². The van der Waals surface area contributed by atoms with Crippen LogP contribution >= 0.6 is 11.6 Å². The Bertz CT molecular complexity index is 515. The average Bonchev–Trinajstić information content (AvgIpc) is 2.40. The number of hydrogen-bond donors (Lipinski definition) is 2. The van der Waals surface area contributed by atoms with E-state index in [0.29, 0.717) is 22.9 Å². The van der Waals surface area contributed by atoms with Crippen molar-refractivity contribution < 1.29 is 4.79 Å². The van der Waals surface area contributed by atoms with E-state index >= 15 is 0 Å². The molecule has 92 valence electrons. The third kappa shape index (κ3) is 3.71. The zero-order valence-electron chi connectivity index (χ0n) is 9.43. The van der Waals surface area contributed by atoms with Gasteiger partial charge in [-0.05, 0) is 24.3 Å². The van der Waals surface area contributed by atoms with E-state index in [2.05, 4.69) is 20.6 Å². The van der Waals surface area contributed by atoms with Gasteiger partial charge in [0, 0.05) is 23.1 Å². The summed E-state index contributed by atoms with van der Waals surface area (Å²) in [6.45, 7) is 0.327. The standard InChI is InChI=1S/C12H11ClN4O/c13-9-1-3-10(4-2-9)17-12(18)16-8-11-7-14-5-6-15-11/h1-7H,8H2,(H2,16,17,18). The summed E-state index contributed by atoms with van der Waals surface area (Å²) in [5.41, 5.74) is 1.37. The topological polar surface area (TPSA) is 66.9 Å². The number of urea groups is 1. The molecular weight excluding hydrogens is 252 g/mol. The van der Waals surface area contributed by atoms with Crippen LogP contribution in [-0.4, -0.2) is 16.0 Å². The first kappa shape index (κ1) is 12.3. The number of hydrogen-bond acceptors (Lipinski definition) is 3. The lowest BCUT2D eigenvalue weighted by atomic mass is 10.3. The van der Waals surface area contributed by atoms with Crippen LogP contribution < -0.4 is 10.6 Å². The second-order valence-corrected chi connectivity index (χ2v) is 3.95. The first-order valence-corrected chi connectivity index (χ1v) is 5.67. The fourth-order valence-electron chi connectivity index (χ4n) is 1.30. The predicted octanol–water partition coefficient (Wildman–Crippen LogP) is 2.45. The summed E-state index contributed by atoms with van der Waals surface area (Å²) < 4.78 is 0. The lowest BCUT2D eigenvalue weighted by Crippen LogP contribution is -2.28. The molecule has 6 heteroatoms. The summed E-state index contributed by atoms with van der Waals surface area (Å²) in [7, 11) is 0. The molecule has 2 aromatic rings. The zero-order valence-corrected chi connectivity index (χ0v) is 10.2. The fourth-order valence-corrected chi connectivity index (χ4v) is 1.43. The van der Waals surface area contributed by atoms with E-state index in [9.17, 15) is 4.79 Å². The smallest absolute Gasteiger partial charge is 0.319 e. The third-order valence-electron chi connectivity index (χ3n) is 2.15. The van der Waals surface area contributed by atoms with Gasteiger partial charge in [0.05, 0.1) is 18.4 Å². The number of carbonyl (C=O) groups is 1. The van der Waals surface area contributed by atoms with Crippen molar-refractivity contribution in [1.82, 2.24) is 15.3 Å². The Labute approximate surface area is 109 Å². The first-order valence-electron chi connectivity index (χ1n) is 5.29. The molecule has 0 radical (unpaired) electrons. The van der Waals surface area contributed by atoms with Gasteiger partial charge >= 0.3 is 6.03 Å². The molecule has 0 bridgehead atoms. The van der Waals surface area contributed by atoms with E-state index in [-0.39, 0.29) is 6.03 Å². The second kappa shape index (κ2) is 5.97. The number of anilines is 1. The molecule has 1 aromatic carbocycles. The van der Waals surface area contributed by atoms with Gasteiger partial charge in [-0.3, -0.25) is 9.97 Å². The Hall–Kier alpha value is -2.14. The third-order valence-corrected chi connectivity index (χ3v) is 2.40. The molecule has 0 aliphatic carbocycles. The minimum Gasteiger partial charge on any atom is -0.332 e. The summed E-state index contributed by atoms with van der Waals surface area (Å²) in [5, 5.41) is 5.98. The van der Waals surface area contributed by atoms with E-state index in [4.69, 9.17) is 11.6 Å². The maximum absolute atomic E-state index is 11.6. The fraction of sp³-hybridized carbons (Fsp3) is 0.0833. The zero-order chi connectivity index (χ0) is 12.8. The molecule has 0 aliphatic heterocycles. The molecule has 1 aromatic heterocycles. The molecule has 0 atom stereocenters. The number of halogens is 1. The number of nitrogens with one attached hydrogen (secondary N) is 2. The van der Waals surface area contributed by atoms with Crippen LogP contribution in [0.4, 0.5) is 10.5 Å². The van der Waals surface area contributed by atoms with Crippen LogP contribution in [0.2, 0.25) is 5.02 Å². The SMILES string of the molecule is O=C(NCc1cnccn1)Nc1ccc(Cl)cc1. The van der Waals surface area contributed by atoms with Crippen LogP contribution in [-0.2, 0) is 6.54 Å². The highest BCUT2D eigenvalue weighted by Gasteiger charge is 2.01. The molecule has 0 saturated carbocycles. The quantitative estimate of drug-likeness (QED) is 0.893. The molecule has 5 nitrogen and oxygen atoms in total. The van der Waals surface area contributed by atoms with Gasteiger partial charge in [0.2, 0.25) is 0 Å². The van der Waals surface area contributed by atoms with Gasteiger partial charge in [0.1, 0.15) is 0 Å². The molecule has 2 rings (SSSR count). The lowest BCUT2D eigenvalue weighted by molar-refractivity contribution is 0.251. The van der Waals surface area contributed by atoms with Crippen LogP contribution in [0.15, 0.2) is 42.9 Å². The Morgan fingerprint density at radius 3 is 2.67 bits per heavy atom. The number of aromatic nitrogens is 2. The average molecular weight is 263 g/mol. The highest BCUT2D eigenvalue weighted by Crippen LogP contribution is 2.12. The number of nitrogens with zero attached hydrogens (tertiary/aromatic N) is 2. The van der Waals surface area contributed by atoms with Crippen molar-refractivity contribution in [3.63, 3.8) is 0 Å². The molecule has 0 saturated heterocycles. The normalized spacial score (nSPS) is 9.83. The van der Waals surface area contributed by atoms with Crippen molar-refractivity contribution in [3.8, 4) is 0 Å². The van der Waals surface area contributed by atoms with Gasteiger partial charge in [-0.25, -0.2) is 4.79 Å². The van der Waals surface area contributed by atoms with E-state index in [1.54, 1.807) is 42.9 Å². The van der Waals surface area contributed by atoms with E-state index < -0.39 is 0 Å². The van der Waals surface area contributed by atoms with Crippen molar-refractivity contribution in [3.05, 3.63) is 53.6 Å². The Morgan fingerprint density at radius 2 is 2.00 bits per heavy atom. The highest BCUT2D eigenvalue weighted by atomic mass is 35.5.